The van der Waals surface area contributed by atoms with E-state index < -0.39 is 36.1 Å². The Morgan fingerprint density at radius 3 is 2.23 bits per heavy atom. The zero-order chi connectivity index (χ0) is 33.1. The van der Waals surface area contributed by atoms with Gasteiger partial charge >= 0.3 is 0 Å². The van der Waals surface area contributed by atoms with Crippen LogP contribution in [0.3, 0.4) is 0 Å². The number of amides is 3. The lowest BCUT2D eigenvalue weighted by molar-refractivity contribution is -0.139. The molecule has 0 fully saturated rings. The van der Waals surface area contributed by atoms with E-state index in [1.54, 1.807) is 54.6 Å². The average molecular weight is 638 g/mol. The molecule has 2 aliphatic heterocycles. The van der Waals surface area contributed by atoms with Crippen LogP contribution < -0.4 is 33.9 Å². The predicted molar refractivity (Wildman–Crippen MR) is 170 cm³/mol. The number of benzene rings is 4. The molecular formula is C35H31N3O9. The summed E-state index contributed by atoms with van der Waals surface area (Å²) >= 11 is 0. The summed E-state index contributed by atoms with van der Waals surface area (Å²) in [5, 5.41) is 2.90. The zero-order valence-corrected chi connectivity index (χ0v) is 25.9. The summed E-state index contributed by atoms with van der Waals surface area (Å²) in [5.74, 6) is -0.869. The van der Waals surface area contributed by atoms with Crippen molar-refractivity contribution in [1.29, 1.82) is 0 Å². The summed E-state index contributed by atoms with van der Waals surface area (Å²) in [7, 11) is 4.35. The SMILES string of the molecule is COc1cc(C(C(=O)Nc2ccc3c(c2)OCO3)N(Cc2ccccc2)C(=O)CN2C(=O)C(=O)c3ccccc32)cc(OC)c1OC. The van der Waals surface area contributed by atoms with E-state index in [0.29, 0.717) is 34.2 Å². The monoisotopic (exact) mass is 637 g/mol. The molecule has 0 aromatic heterocycles. The number of methoxy groups -OCH3 is 3. The van der Waals surface area contributed by atoms with Gasteiger partial charge in [0, 0.05) is 18.3 Å². The Morgan fingerprint density at radius 2 is 1.53 bits per heavy atom. The smallest absolute Gasteiger partial charge is 0.299 e. The Labute approximate surface area is 270 Å². The van der Waals surface area contributed by atoms with Crippen LogP contribution in [0.25, 0.3) is 0 Å². The third kappa shape index (κ3) is 6.00. The van der Waals surface area contributed by atoms with Crippen molar-refractivity contribution in [2.45, 2.75) is 12.6 Å². The number of Topliss-reactive ketones (excluding diaryl/α,β-unsaturated/α-hetero) is 1. The fraction of sp³-hybridized carbons (Fsp3) is 0.200. The highest BCUT2D eigenvalue weighted by molar-refractivity contribution is 6.52. The van der Waals surface area contributed by atoms with Crippen molar-refractivity contribution in [3.63, 3.8) is 0 Å². The van der Waals surface area contributed by atoms with Crippen molar-refractivity contribution in [3.8, 4) is 28.7 Å². The molecule has 0 saturated carbocycles. The van der Waals surface area contributed by atoms with Gasteiger partial charge in [-0.1, -0.05) is 42.5 Å². The van der Waals surface area contributed by atoms with Crippen molar-refractivity contribution in [3.05, 3.63) is 102 Å². The summed E-state index contributed by atoms with van der Waals surface area (Å²) < 4.78 is 27.6. The summed E-state index contributed by atoms with van der Waals surface area (Å²) in [6.07, 6.45) is 0. The molecule has 6 rings (SSSR count). The van der Waals surface area contributed by atoms with E-state index in [-0.39, 0.29) is 30.4 Å². The fourth-order valence-electron chi connectivity index (χ4n) is 5.65. The molecule has 4 aromatic carbocycles. The van der Waals surface area contributed by atoms with Gasteiger partial charge in [0.15, 0.2) is 23.0 Å². The van der Waals surface area contributed by atoms with Crippen molar-refractivity contribution in [2.24, 2.45) is 0 Å². The quantitative estimate of drug-likeness (QED) is 0.238. The molecule has 0 bridgehead atoms. The Kier molecular flexibility index (Phi) is 8.65. The minimum absolute atomic E-state index is 0.0207. The Morgan fingerprint density at radius 1 is 0.851 bits per heavy atom. The van der Waals surface area contributed by atoms with Gasteiger partial charge in [-0.3, -0.25) is 24.1 Å². The normalized spacial score (nSPS) is 13.6. The van der Waals surface area contributed by atoms with E-state index in [4.69, 9.17) is 23.7 Å². The Bertz CT molecular complexity index is 1840. The molecule has 0 radical (unpaired) electrons. The Hall–Kier alpha value is -6.04. The van der Waals surface area contributed by atoms with Crippen molar-refractivity contribution in [2.75, 3.05) is 44.9 Å². The van der Waals surface area contributed by atoms with Crippen molar-refractivity contribution in [1.82, 2.24) is 4.90 Å². The first-order chi connectivity index (χ1) is 22.8. The summed E-state index contributed by atoms with van der Waals surface area (Å²) in [5.41, 5.74) is 1.99. The highest BCUT2D eigenvalue weighted by atomic mass is 16.7. The molecule has 1 N–H and O–H groups in total. The molecule has 2 heterocycles. The number of nitrogens with one attached hydrogen (secondary N) is 1. The van der Waals surface area contributed by atoms with Gasteiger partial charge in [-0.15, -0.1) is 0 Å². The lowest BCUT2D eigenvalue weighted by Gasteiger charge is -2.33. The molecule has 4 aromatic rings. The third-order valence-electron chi connectivity index (χ3n) is 7.89. The standard InChI is InChI=1S/C35H31N3O9/c1-43-28-15-22(16-29(44-2)33(28)45-3)31(34(41)36-23-13-14-26-27(17-23)47-20-46-26)38(18-21-9-5-4-6-10-21)30(39)19-37-25-12-8-7-11-24(25)32(40)35(37)42/h4-17,31H,18-20H2,1-3H3,(H,36,41). The predicted octanol–water partition coefficient (Wildman–Crippen LogP) is 4.38. The maximum absolute atomic E-state index is 14.4. The summed E-state index contributed by atoms with van der Waals surface area (Å²) in [6, 6.07) is 22.5. The molecule has 0 aliphatic carbocycles. The van der Waals surface area contributed by atoms with Gasteiger partial charge in [0.25, 0.3) is 17.6 Å². The number of carbonyl (C=O) groups is 4. The van der Waals surface area contributed by atoms with Crippen LogP contribution in [0.2, 0.25) is 0 Å². The first-order valence-corrected chi connectivity index (χ1v) is 14.6. The number of ether oxygens (including phenoxy) is 5. The molecule has 1 unspecified atom stereocenters. The number of para-hydroxylation sites is 1. The second-order valence-electron chi connectivity index (χ2n) is 10.7. The van der Waals surface area contributed by atoms with Crippen LogP contribution in [0.4, 0.5) is 11.4 Å². The van der Waals surface area contributed by atoms with E-state index in [1.807, 2.05) is 30.3 Å². The molecule has 12 heteroatoms. The second kappa shape index (κ2) is 13.1. The van der Waals surface area contributed by atoms with Gasteiger partial charge in [-0.25, -0.2) is 0 Å². The molecule has 47 heavy (non-hydrogen) atoms. The lowest BCUT2D eigenvalue weighted by atomic mass is 10.0. The number of fused-ring (bicyclic) bond motifs is 2. The van der Waals surface area contributed by atoms with Crippen LogP contribution in [0.1, 0.15) is 27.5 Å². The maximum Gasteiger partial charge on any atom is 0.299 e. The molecular weight excluding hydrogens is 606 g/mol. The van der Waals surface area contributed by atoms with E-state index >= 15 is 0 Å². The molecule has 3 amide bonds. The van der Waals surface area contributed by atoms with Gasteiger partial charge in [0.05, 0.1) is 32.6 Å². The lowest BCUT2D eigenvalue weighted by Crippen LogP contribution is -2.46. The number of nitrogens with zero attached hydrogens (tertiary/aromatic N) is 2. The van der Waals surface area contributed by atoms with Gasteiger partial charge in [-0.05, 0) is 47.5 Å². The zero-order valence-electron chi connectivity index (χ0n) is 25.9. The van der Waals surface area contributed by atoms with Crippen LogP contribution >= 0.6 is 0 Å². The molecule has 0 saturated heterocycles. The number of ketones is 1. The molecule has 1 atom stereocenters. The van der Waals surface area contributed by atoms with E-state index in [9.17, 15) is 19.2 Å². The van der Waals surface area contributed by atoms with E-state index in [1.165, 1.54) is 26.2 Å². The van der Waals surface area contributed by atoms with Gasteiger partial charge < -0.3 is 33.9 Å². The molecule has 0 spiro atoms. The van der Waals surface area contributed by atoms with Gasteiger partial charge in [0.1, 0.15) is 12.6 Å². The van der Waals surface area contributed by atoms with Crippen LogP contribution in [0, 0.1) is 0 Å². The minimum atomic E-state index is -1.29. The molecule has 240 valence electrons. The fourth-order valence-corrected chi connectivity index (χ4v) is 5.65. The third-order valence-corrected chi connectivity index (χ3v) is 7.89. The minimum Gasteiger partial charge on any atom is -0.493 e. The second-order valence-corrected chi connectivity index (χ2v) is 10.7. The van der Waals surface area contributed by atoms with Crippen molar-refractivity contribution >= 4 is 34.9 Å². The van der Waals surface area contributed by atoms with Crippen LogP contribution in [-0.4, -0.2) is 63.1 Å². The maximum atomic E-state index is 14.4. The van der Waals surface area contributed by atoms with Crippen molar-refractivity contribution < 1.29 is 42.9 Å². The first-order valence-electron chi connectivity index (χ1n) is 14.6. The summed E-state index contributed by atoms with van der Waals surface area (Å²) in [6.45, 7) is -0.458. The highest BCUT2D eigenvalue weighted by Crippen LogP contribution is 2.42. The molecule has 12 nitrogen and oxygen atoms in total. The number of rotatable bonds is 11. The van der Waals surface area contributed by atoms with Crippen LogP contribution in [-0.2, 0) is 20.9 Å². The first kappa shape index (κ1) is 31.0. The highest BCUT2D eigenvalue weighted by Gasteiger charge is 2.40. The number of carbonyl (C=O) groups excluding carboxylic acids is 4. The molecule has 2 aliphatic rings. The summed E-state index contributed by atoms with van der Waals surface area (Å²) in [4.78, 5) is 57.2. The number of hydrogen-bond donors (Lipinski definition) is 1. The van der Waals surface area contributed by atoms with Gasteiger partial charge in [-0.2, -0.15) is 0 Å². The Balaban J connectivity index is 1.45. The van der Waals surface area contributed by atoms with Gasteiger partial charge in [0.2, 0.25) is 18.4 Å². The largest absolute Gasteiger partial charge is 0.493 e. The average Bonchev–Trinajstić information content (AvgIpc) is 3.66. The van der Waals surface area contributed by atoms with E-state index in [0.717, 1.165) is 10.5 Å². The topological polar surface area (TPSA) is 133 Å². The van der Waals surface area contributed by atoms with Crippen LogP contribution in [0.15, 0.2) is 84.9 Å². The van der Waals surface area contributed by atoms with Crippen LogP contribution in [0.5, 0.6) is 28.7 Å². The number of hydrogen-bond acceptors (Lipinski definition) is 9. The van der Waals surface area contributed by atoms with E-state index in [2.05, 4.69) is 5.32 Å². The number of anilines is 2.